The Bertz CT molecular complexity index is 993. The molecule has 0 aliphatic heterocycles. The van der Waals surface area contributed by atoms with E-state index in [1.54, 1.807) is 16.6 Å². The molecule has 5 nitrogen and oxygen atoms in total. The van der Waals surface area contributed by atoms with Gasteiger partial charge in [-0.2, -0.15) is 0 Å². The fourth-order valence-electron chi connectivity index (χ4n) is 2.45. The molecule has 0 aliphatic rings. The summed E-state index contributed by atoms with van der Waals surface area (Å²) in [4.78, 5) is 17.3. The Balaban J connectivity index is 1.47. The fourth-order valence-corrected chi connectivity index (χ4v) is 3.25. The van der Waals surface area contributed by atoms with Gasteiger partial charge in [-0.3, -0.25) is 4.79 Å². The highest BCUT2D eigenvalue weighted by Crippen LogP contribution is 2.24. The Hall–Kier alpha value is -3.06. The Morgan fingerprint density at radius 2 is 1.88 bits per heavy atom. The maximum atomic E-state index is 12.9. The molecule has 0 saturated carbocycles. The van der Waals surface area contributed by atoms with E-state index < -0.39 is 0 Å². The lowest BCUT2D eigenvalue weighted by atomic mass is 10.1. The van der Waals surface area contributed by atoms with Crippen molar-refractivity contribution in [1.29, 1.82) is 0 Å². The van der Waals surface area contributed by atoms with E-state index in [1.807, 2.05) is 36.5 Å². The van der Waals surface area contributed by atoms with Crippen molar-refractivity contribution in [3.63, 3.8) is 0 Å². The number of anilines is 1. The van der Waals surface area contributed by atoms with E-state index in [9.17, 15) is 9.18 Å². The quantitative estimate of drug-likeness (QED) is 0.608. The van der Waals surface area contributed by atoms with Gasteiger partial charge in [-0.25, -0.2) is 13.9 Å². The Kier molecular flexibility index (Phi) is 3.99. The summed E-state index contributed by atoms with van der Waals surface area (Å²) in [6.07, 6.45) is 1.99. The van der Waals surface area contributed by atoms with E-state index in [0.29, 0.717) is 10.1 Å². The number of amides is 1. The molecule has 7 heteroatoms. The summed E-state index contributed by atoms with van der Waals surface area (Å²) >= 11 is 1.30. The van der Waals surface area contributed by atoms with Crippen LogP contribution < -0.4 is 5.32 Å². The monoisotopic (exact) mass is 352 g/mol. The van der Waals surface area contributed by atoms with Crippen LogP contribution in [0, 0.1) is 5.82 Å². The van der Waals surface area contributed by atoms with Crippen molar-refractivity contribution in [2.24, 2.45) is 0 Å². The molecule has 4 aromatic rings. The molecule has 0 bridgehead atoms. The number of carbonyl (C=O) groups excluding carboxylic acids is 1. The van der Waals surface area contributed by atoms with Crippen LogP contribution in [-0.4, -0.2) is 20.5 Å². The van der Waals surface area contributed by atoms with Gasteiger partial charge in [0.1, 0.15) is 5.82 Å². The molecule has 0 saturated heterocycles. The Morgan fingerprint density at radius 3 is 2.60 bits per heavy atom. The number of halogens is 1. The highest BCUT2D eigenvalue weighted by atomic mass is 32.1. The average Bonchev–Trinajstić information content (AvgIpc) is 3.16. The molecule has 0 spiro atoms. The first kappa shape index (κ1) is 15.5. The zero-order chi connectivity index (χ0) is 17.2. The van der Waals surface area contributed by atoms with Gasteiger partial charge in [-0.05, 0) is 17.7 Å². The molecule has 0 radical (unpaired) electrons. The van der Waals surface area contributed by atoms with Crippen LogP contribution in [0.3, 0.4) is 0 Å². The van der Waals surface area contributed by atoms with Gasteiger partial charge < -0.3 is 5.32 Å². The molecule has 0 aliphatic carbocycles. The molecule has 2 heterocycles. The number of benzene rings is 2. The van der Waals surface area contributed by atoms with E-state index in [1.165, 1.54) is 23.5 Å². The second kappa shape index (κ2) is 6.45. The normalized spacial score (nSPS) is 10.9. The standard InChI is InChI=1S/C18H13FN4OS/c19-14-8-6-12(7-9-14)10-16(24)21-17-22-23-11-15(20-18(23)25-17)13-4-2-1-3-5-13/h1-9,11H,10H2,(H,21,22,24). The molecule has 0 fully saturated rings. The van der Waals surface area contributed by atoms with Crippen molar-refractivity contribution in [1.82, 2.24) is 14.6 Å². The number of rotatable bonds is 4. The van der Waals surface area contributed by atoms with Gasteiger partial charge in [-0.1, -0.05) is 53.8 Å². The summed E-state index contributed by atoms with van der Waals surface area (Å²) in [5.74, 6) is -0.522. The Morgan fingerprint density at radius 1 is 1.12 bits per heavy atom. The molecule has 2 aromatic heterocycles. The van der Waals surface area contributed by atoms with Gasteiger partial charge in [0.05, 0.1) is 18.3 Å². The topological polar surface area (TPSA) is 59.3 Å². The summed E-state index contributed by atoms with van der Waals surface area (Å²) in [5.41, 5.74) is 2.59. The molecule has 1 amide bonds. The lowest BCUT2D eigenvalue weighted by Crippen LogP contribution is -2.14. The van der Waals surface area contributed by atoms with E-state index in [4.69, 9.17) is 0 Å². The van der Waals surface area contributed by atoms with Crippen LogP contribution in [0.15, 0.2) is 60.8 Å². The summed E-state index contributed by atoms with van der Waals surface area (Å²) in [7, 11) is 0. The minimum Gasteiger partial charge on any atom is -0.300 e. The number of aromatic nitrogens is 3. The first-order chi connectivity index (χ1) is 12.2. The van der Waals surface area contributed by atoms with Crippen molar-refractivity contribution in [3.8, 4) is 11.3 Å². The Labute approximate surface area is 146 Å². The maximum absolute atomic E-state index is 12.9. The second-order valence-electron chi connectivity index (χ2n) is 5.48. The van der Waals surface area contributed by atoms with E-state index in [2.05, 4.69) is 15.4 Å². The molecule has 25 heavy (non-hydrogen) atoms. The molecule has 1 N–H and O–H groups in total. The zero-order valence-electron chi connectivity index (χ0n) is 13.0. The third-order valence-electron chi connectivity index (χ3n) is 3.64. The predicted molar refractivity (Wildman–Crippen MR) is 95.0 cm³/mol. The first-order valence-corrected chi connectivity index (χ1v) is 8.45. The molecule has 4 rings (SSSR count). The van der Waals surface area contributed by atoms with Gasteiger partial charge >= 0.3 is 0 Å². The van der Waals surface area contributed by atoms with Crippen molar-refractivity contribution in [3.05, 3.63) is 72.2 Å². The molecule has 0 unspecified atom stereocenters. The molecule has 0 atom stereocenters. The van der Waals surface area contributed by atoms with Crippen LogP contribution in [0.4, 0.5) is 9.52 Å². The van der Waals surface area contributed by atoms with Crippen LogP contribution in [0.1, 0.15) is 5.56 Å². The maximum Gasteiger partial charge on any atom is 0.230 e. The van der Waals surface area contributed by atoms with Gasteiger partial charge in [-0.15, -0.1) is 5.10 Å². The number of nitrogens with one attached hydrogen (secondary N) is 1. The second-order valence-corrected chi connectivity index (χ2v) is 6.43. The molecule has 124 valence electrons. The molecule has 2 aromatic carbocycles. The summed E-state index contributed by atoms with van der Waals surface area (Å²) < 4.78 is 14.5. The van der Waals surface area contributed by atoms with Crippen LogP contribution in [0.5, 0.6) is 0 Å². The summed E-state index contributed by atoms with van der Waals surface area (Å²) in [6.45, 7) is 0. The smallest absolute Gasteiger partial charge is 0.230 e. The van der Waals surface area contributed by atoms with Gasteiger partial charge in [0.25, 0.3) is 0 Å². The number of imidazole rings is 1. The van der Waals surface area contributed by atoms with E-state index in [0.717, 1.165) is 16.8 Å². The number of fused-ring (bicyclic) bond motifs is 1. The lowest BCUT2D eigenvalue weighted by Gasteiger charge is -2.01. The van der Waals surface area contributed by atoms with Crippen LogP contribution in [0.25, 0.3) is 16.2 Å². The number of carbonyl (C=O) groups is 1. The van der Waals surface area contributed by atoms with Gasteiger partial charge in [0.2, 0.25) is 16.0 Å². The van der Waals surface area contributed by atoms with Crippen LogP contribution >= 0.6 is 11.3 Å². The first-order valence-electron chi connectivity index (χ1n) is 7.63. The number of hydrogen-bond donors (Lipinski definition) is 1. The molecular weight excluding hydrogens is 339 g/mol. The van der Waals surface area contributed by atoms with Gasteiger partial charge in [0.15, 0.2) is 0 Å². The zero-order valence-corrected chi connectivity index (χ0v) is 13.8. The fraction of sp³-hybridized carbons (Fsp3) is 0.0556. The third-order valence-corrected chi connectivity index (χ3v) is 4.47. The largest absolute Gasteiger partial charge is 0.300 e. The van der Waals surface area contributed by atoms with E-state index >= 15 is 0 Å². The van der Waals surface area contributed by atoms with Crippen LogP contribution in [-0.2, 0) is 11.2 Å². The van der Waals surface area contributed by atoms with Crippen molar-refractivity contribution < 1.29 is 9.18 Å². The molecular formula is C18H13FN4OS. The highest BCUT2D eigenvalue weighted by Gasteiger charge is 2.12. The summed E-state index contributed by atoms with van der Waals surface area (Å²) in [6, 6.07) is 15.7. The van der Waals surface area contributed by atoms with Crippen molar-refractivity contribution in [2.45, 2.75) is 6.42 Å². The van der Waals surface area contributed by atoms with Crippen LogP contribution in [0.2, 0.25) is 0 Å². The lowest BCUT2D eigenvalue weighted by molar-refractivity contribution is -0.115. The minimum absolute atomic E-state index is 0.164. The summed E-state index contributed by atoms with van der Waals surface area (Å²) in [5, 5.41) is 7.57. The third kappa shape index (κ3) is 3.41. The van der Waals surface area contributed by atoms with Crippen molar-refractivity contribution in [2.75, 3.05) is 5.32 Å². The highest BCUT2D eigenvalue weighted by molar-refractivity contribution is 7.20. The average molecular weight is 352 g/mol. The SMILES string of the molecule is O=C(Cc1ccc(F)cc1)Nc1nn2cc(-c3ccccc3)nc2s1. The number of nitrogens with zero attached hydrogens (tertiary/aromatic N) is 3. The predicted octanol–water partition coefficient (Wildman–Crippen LogP) is 3.78. The van der Waals surface area contributed by atoms with Crippen molar-refractivity contribution >= 4 is 27.3 Å². The van der Waals surface area contributed by atoms with E-state index in [-0.39, 0.29) is 18.1 Å². The minimum atomic E-state index is -0.320. The van der Waals surface area contributed by atoms with Gasteiger partial charge in [0, 0.05) is 5.56 Å². The number of hydrogen-bond acceptors (Lipinski definition) is 4.